The second-order valence-corrected chi connectivity index (χ2v) is 7.58. The van der Waals surface area contributed by atoms with Gasteiger partial charge in [-0.1, -0.05) is 44.2 Å². The Bertz CT molecular complexity index is 1110. The van der Waals surface area contributed by atoms with Crippen molar-refractivity contribution in [2.24, 2.45) is 0 Å². The summed E-state index contributed by atoms with van der Waals surface area (Å²) >= 11 is 0. The van der Waals surface area contributed by atoms with Crippen LogP contribution >= 0.6 is 0 Å². The van der Waals surface area contributed by atoms with Crippen LogP contribution in [-0.4, -0.2) is 32.8 Å². The molecule has 0 amide bonds. The molecule has 1 N–H and O–H groups in total. The minimum Gasteiger partial charge on any atom is -0.492 e. The molecule has 7 heteroatoms. The van der Waals surface area contributed by atoms with Crippen LogP contribution in [0, 0.1) is 0 Å². The van der Waals surface area contributed by atoms with Crippen LogP contribution in [0.4, 0.5) is 0 Å². The van der Waals surface area contributed by atoms with Crippen LogP contribution in [0.2, 0.25) is 0 Å². The molecule has 32 heavy (non-hydrogen) atoms. The normalized spacial score (nSPS) is 12.7. The van der Waals surface area contributed by atoms with Gasteiger partial charge < -0.3 is 14.6 Å². The summed E-state index contributed by atoms with van der Waals surface area (Å²) in [5, 5.41) is 9.34. The van der Waals surface area contributed by atoms with Crippen LogP contribution < -0.4 is 15.0 Å². The zero-order chi connectivity index (χ0) is 23.1. The third-order valence-corrected chi connectivity index (χ3v) is 5.35. The summed E-state index contributed by atoms with van der Waals surface area (Å²) in [6.45, 7) is 5.93. The van der Waals surface area contributed by atoms with Crippen LogP contribution in [0.3, 0.4) is 0 Å². The van der Waals surface area contributed by atoms with Gasteiger partial charge in [-0.05, 0) is 37.6 Å². The monoisotopic (exact) mass is 436 g/mol. The lowest BCUT2D eigenvalue weighted by molar-refractivity contribution is -0.154. The SMILES string of the molecule is CCc1nc(-c2ccccc2)cc(=O)n1CCOc1ccc(OC(C)(CC)C(=O)O)cc1. The van der Waals surface area contributed by atoms with Crippen molar-refractivity contribution in [2.45, 2.75) is 45.8 Å². The van der Waals surface area contributed by atoms with Crippen molar-refractivity contribution < 1.29 is 19.4 Å². The van der Waals surface area contributed by atoms with Gasteiger partial charge in [-0.15, -0.1) is 0 Å². The minimum atomic E-state index is -1.28. The quantitative estimate of drug-likeness (QED) is 0.513. The Labute approximate surface area is 187 Å². The fraction of sp³-hybridized carbons (Fsp3) is 0.320. The number of ether oxygens (including phenoxy) is 2. The molecule has 0 aliphatic rings. The molecule has 0 saturated heterocycles. The first-order valence-corrected chi connectivity index (χ1v) is 10.7. The topological polar surface area (TPSA) is 90.7 Å². The predicted molar refractivity (Wildman–Crippen MR) is 122 cm³/mol. The first-order valence-electron chi connectivity index (χ1n) is 10.7. The van der Waals surface area contributed by atoms with E-state index in [0.29, 0.717) is 49.0 Å². The Morgan fingerprint density at radius 1 is 1.06 bits per heavy atom. The van der Waals surface area contributed by atoms with Gasteiger partial charge in [0.25, 0.3) is 5.56 Å². The maximum atomic E-state index is 12.7. The second-order valence-electron chi connectivity index (χ2n) is 7.58. The van der Waals surface area contributed by atoms with Crippen molar-refractivity contribution in [3.8, 4) is 22.8 Å². The summed E-state index contributed by atoms with van der Waals surface area (Å²) in [7, 11) is 0. The van der Waals surface area contributed by atoms with Gasteiger partial charge in [0.1, 0.15) is 23.9 Å². The number of benzene rings is 2. The molecule has 0 aliphatic heterocycles. The van der Waals surface area contributed by atoms with Gasteiger partial charge in [0.15, 0.2) is 0 Å². The second kappa shape index (κ2) is 10.1. The Hall–Kier alpha value is -3.61. The average Bonchev–Trinajstić information content (AvgIpc) is 2.81. The van der Waals surface area contributed by atoms with Crippen molar-refractivity contribution in [3.05, 3.63) is 76.8 Å². The number of aromatic nitrogens is 2. The number of aliphatic carboxylic acids is 1. The lowest BCUT2D eigenvalue weighted by Crippen LogP contribution is -2.40. The van der Waals surface area contributed by atoms with Crippen molar-refractivity contribution >= 4 is 5.97 Å². The fourth-order valence-corrected chi connectivity index (χ4v) is 3.21. The van der Waals surface area contributed by atoms with E-state index >= 15 is 0 Å². The Kier molecular flexibility index (Phi) is 7.30. The molecule has 168 valence electrons. The van der Waals surface area contributed by atoms with Gasteiger partial charge in [0.2, 0.25) is 5.60 Å². The van der Waals surface area contributed by atoms with E-state index in [9.17, 15) is 14.7 Å². The molecule has 1 aromatic heterocycles. The number of aryl methyl sites for hydroxylation is 1. The van der Waals surface area contributed by atoms with E-state index in [1.807, 2.05) is 37.3 Å². The highest BCUT2D eigenvalue weighted by Crippen LogP contribution is 2.24. The Morgan fingerprint density at radius 3 is 2.31 bits per heavy atom. The van der Waals surface area contributed by atoms with Crippen LogP contribution in [0.15, 0.2) is 65.5 Å². The van der Waals surface area contributed by atoms with E-state index in [1.165, 1.54) is 0 Å². The van der Waals surface area contributed by atoms with E-state index in [0.717, 1.165) is 5.56 Å². The molecule has 0 bridgehead atoms. The third-order valence-electron chi connectivity index (χ3n) is 5.35. The van der Waals surface area contributed by atoms with Gasteiger partial charge >= 0.3 is 5.97 Å². The molecule has 7 nitrogen and oxygen atoms in total. The predicted octanol–water partition coefficient (Wildman–Crippen LogP) is 4.18. The highest BCUT2D eigenvalue weighted by molar-refractivity contribution is 5.77. The van der Waals surface area contributed by atoms with Gasteiger partial charge in [0, 0.05) is 18.1 Å². The number of rotatable bonds is 10. The third kappa shape index (κ3) is 5.35. The molecule has 0 radical (unpaired) electrons. The fourth-order valence-electron chi connectivity index (χ4n) is 3.21. The van der Waals surface area contributed by atoms with Crippen LogP contribution in [0.25, 0.3) is 11.3 Å². The van der Waals surface area contributed by atoms with Gasteiger partial charge in [0.05, 0.1) is 12.2 Å². The molecule has 0 fully saturated rings. The highest BCUT2D eigenvalue weighted by atomic mass is 16.5. The number of carboxylic acid groups (broad SMARTS) is 1. The number of nitrogens with zero attached hydrogens (tertiary/aromatic N) is 2. The summed E-state index contributed by atoms with van der Waals surface area (Å²) < 4.78 is 13.0. The van der Waals surface area contributed by atoms with E-state index < -0.39 is 11.6 Å². The molecule has 0 aliphatic carbocycles. The molecule has 1 heterocycles. The molecule has 0 saturated carbocycles. The van der Waals surface area contributed by atoms with E-state index in [1.54, 1.807) is 48.7 Å². The lowest BCUT2D eigenvalue weighted by atomic mass is 10.0. The summed E-state index contributed by atoms with van der Waals surface area (Å²) in [6.07, 6.45) is 0.966. The van der Waals surface area contributed by atoms with Crippen LogP contribution in [0.5, 0.6) is 11.5 Å². The summed E-state index contributed by atoms with van der Waals surface area (Å²) in [5.41, 5.74) is 0.183. The average molecular weight is 437 g/mol. The van der Waals surface area contributed by atoms with Gasteiger partial charge in [-0.3, -0.25) is 9.36 Å². The number of carbonyl (C=O) groups is 1. The van der Waals surface area contributed by atoms with Crippen LogP contribution in [-0.2, 0) is 17.8 Å². The van der Waals surface area contributed by atoms with E-state index in [4.69, 9.17) is 9.47 Å². The summed E-state index contributed by atoms with van der Waals surface area (Å²) in [4.78, 5) is 28.8. The molecule has 0 spiro atoms. The standard InChI is InChI=1S/C25H28N2O5/c1-4-22-26-21(18-9-7-6-8-10-18)17-23(28)27(22)15-16-31-19-11-13-20(14-12-19)32-25(3,5-2)24(29)30/h6-14,17H,4-5,15-16H2,1-3H3,(H,29,30). The maximum Gasteiger partial charge on any atom is 0.347 e. The molecule has 1 unspecified atom stereocenters. The largest absolute Gasteiger partial charge is 0.492 e. The van der Waals surface area contributed by atoms with Crippen molar-refractivity contribution in [2.75, 3.05) is 6.61 Å². The zero-order valence-electron chi connectivity index (χ0n) is 18.6. The van der Waals surface area contributed by atoms with E-state index in [-0.39, 0.29) is 5.56 Å². The molecule has 3 aromatic rings. The molecule has 1 atom stereocenters. The summed E-state index contributed by atoms with van der Waals surface area (Å²) in [6, 6.07) is 18.0. The van der Waals surface area contributed by atoms with Gasteiger partial charge in [-0.25, -0.2) is 9.78 Å². The molecular formula is C25H28N2O5. The Morgan fingerprint density at radius 2 is 1.72 bits per heavy atom. The molecule has 3 rings (SSSR count). The smallest absolute Gasteiger partial charge is 0.347 e. The van der Waals surface area contributed by atoms with Crippen LogP contribution in [0.1, 0.15) is 33.0 Å². The van der Waals surface area contributed by atoms with Crippen molar-refractivity contribution in [3.63, 3.8) is 0 Å². The number of hydrogen-bond acceptors (Lipinski definition) is 5. The first-order chi connectivity index (χ1) is 15.4. The number of hydrogen-bond donors (Lipinski definition) is 1. The molecular weight excluding hydrogens is 408 g/mol. The summed E-state index contributed by atoms with van der Waals surface area (Å²) in [5.74, 6) is 0.751. The van der Waals surface area contributed by atoms with Crippen molar-refractivity contribution in [1.82, 2.24) is 9.55 Å². The zero-order valence-corrected chi connectivity index (χ0v) is 18.6. The minimum absolute atomic E-state index is 0.115. The highest BCUT2D eigenvalue weighted by Gasteiger charge is 2.33. The maximum absolute atomic E-state index is 12.7. The van der Waals surface area contributed by atoms with E-state index in [2.05, 4.69) is 4.98 Å². The van der Waals surface area contributed by atoms with Crippen molar-refractivity contribution in [1.29, 1.82) is 0 Å². The first kappa shape index (κ1) is 23.1. The molecule has 2 aromatic carbocycles. The number of carboxylic acids is 1. The van der Waals surface area contributed by atoms with Gasteiger partial charge in [-0.2, -0.15) is 0 Å². The lowest BCUT2D eigenvalue weighted by Gasteiger charge is -2.24. The Balaban J connectivity index is 1.65.